The number of hydrogen-bond donors (Lipinski definition) is 13. The molecule has 1 aliphatic rings. The molecular formula is C99H105Cl9FK2MnN19O17. The fraction of sp³-hybridized carbons (Fsp3) is 0.172. The van der Waals surface area contributed by atoms with Crippen LogP contribution in [-0.2, 0) is 73.8 Å². The van der Waals surface area contributed by atoms with E-state index in [-0.39, 0.29) is 214 Å². The van der Waals surface area contributed by atoms with Crippen LogP contribution in [0.2, 0.25) is 20.6 Å². The second-order valence-corrected chi connectivity index (χ2v) is 31.3. The normalized spacial score (nSPS) is 12.2. The van der Waals surface area contributed by atoms with E-state index in [0.717, 1.165) is 67.0 Å². The Morgan fingerprint density at radius 3 is 1.25 bits per heavy atom. The number of nitrogen functional groups attached to an aromatic ring is 1. The van der Waals surface area contributed by atoms with E-state index >= 15 is 0 Å². The SMILES string of the molecule is C.CC=C(C)C.Cl.Cl.ClCCl.ClCc1cccc2ccccc12.N.N=C(N)c1cccnc1.O=C(O)c1c(Cl)nc(-c2cccnc2)n1Cc1cccc2ccccc12.O=CO[O-].O=Cc1c(Cl)nc(-c2cccnc2)n1Cc1cccc2ccccc12.O=Cc1nc(-c2cccnc2)[nH]c1Cl.OCC1(O)COC(O)(CO)CO1.OCc1[nH]c(-c2cccnc2)nc1Cl.OCc1cnc(-c2cccnc2)[nH]1.[2H]CF.[H-].[K+].[K+].[O]=[Mn]=[O]. The van der Waals surface area contributed by atoms with Crippen LogP contribution < -0.4 is 120 Å². The molecule has 11 aromatic heterocycles. The van der Waals surface area contributed by atoms with Crippen LogP contribution in [0.1, 0.15) is 96.1 Å². The number of aldehydes is 2. The number of aromatic amines is 3. The summed E-state index contributed by atoms with van der Waals surface area (Å²) in [5.74, 6) is -0.985. The molecule has 6 aromatic carbocycles. The van der Waals surface area contributed by atoms with Crippen molar-refractivity contribution in [1.29, 1.82) is 5.41 Å². The first-order valence-electron chi connectivity index (χ1n) is 42.1. The maximum atomic E-state index is 11.8. The summed E-state index contributed by atoms with van der Waals surface area (Å²) >= 11 is 37.7. The van der Waals surface area contributed by atoms with Gasteiger partial charge in [-0.2, -0.15) is 0 Å². The Kier molecular flexibility index (Phi) is 70.4. The Bertz CT molecular complexity index is 6790. The minimum absolute atomic E-state index is 0. The number of hydrogen-bond acceptors (Lipinski definition) is 29. The number of carbonyl (C=O) groups is 4. The van der Waals surface area contributed by atoms with E-state index in [0.29, 0.717) is 81.9 Å². The van der Waals surface area contributed by atoms with Gasteiger partial charge in [0, 0.05) is 114 Å². The fourth-order valence-electron chi connectivity index (χ4n) is 12.1. The van der Waals surface area contributed by atoms with Crippen LogP contribution >= 0.6 is 106 Å². The average molecular weight is 2310 g/mol. The molecule has 0 amide bonds. The molecule has 12 heterocycles. The number of aromatic carboxylic acids is 1. The molecule has 0 saturated carbocycles. The number of carboxylic acid groups (broad SMARTS) is 1. The summed E-state index contributed by atoms with van der Waals surface area (Å²) < 4.78 is 45.2. The van der Waals surface area contributed by atoms with Crippen molar-refractivity contribution in [2.45, 2.75) is 72.0 Å². The standard InChI is InChI=1S/C20H14ClN3O2.C20H14ClN3O.C11H9Cl.C9H8ClN3O.C9H6ClN3O.C9H9N3O.C6H7N3.C6H12O6.C5H10.CH2Cl2.CH3F.CH2O3.CH4.2ClH.2K.Mn.H3N.2O.H/c21-18-17(20(25)26)24(19(23-18)14-8-4-10-22-11-14)12-15-7-3-6-13-5-1-2-9-16(13)15;21-19-18(13-25)24(20(23-19)15-8-4-10-22-11-15)12-16-7-3-6-14-5-1-2-9-17(14)16;12-8-10-6-3-5-9-4-1-2-7-11(9)10;2*10-8-7(5-14)12-9(13-8)6-2-1-3-11-4-6;13-6-8-5-11-9(12-8)7-2-1-3-10-4-7;7-6(8)5-2-1-3-9-4-5;7-1-5(9)3-12-6(10,2-8)4-11-5;1-4-5(2)3;2-1-3;1-2;2-1-4-3;;;;;;;;;;/h1-11H,12H2,(H,25,26);1-11,13H,12H2;1-7H,8H2;1-4,14H,5H2,(H,12,13);1-5H,(H,12,13);1-5,13H,6H2,(H,11,12);1-4H,(H3,7,8);7-10H,1-4H2;4H,1-3H3;1H2;1H3;1,3H;1H4;2*1H;;;;1H3;;;/q;;;;;;;;;;;;;;;2*+1;;;;;-1/p-1/i;;;;;;;;;;1D;;;;;;;;;;;. The van der Waals surface area contributed by atoms with Crippen molar-refractivity contribution in [3.63, 3.8) is 0 Å². The van der Waals surface area contributed by atoms with Crippen molar-refractivity contribution in [1.82, 2.24) is 85.1 Å². The first-order valence-corrected chi connectivity index (χ1v) is 45.5. The van der Waals surface area contributed by atoms with Crippen molar-refractivity contribution in [2.24, 2.45) is 5.73 Å². The summed E-state index contributed by atoms with van der Waals surface area (Å²) in [6.07, 6.45) is 25.1. The third-order valence-corrected chi connectivity index (χ3v) is 20.4. The zero-order valence-electron chi connectivity index (χ0n) is 81.2. The summed E-state index contributed by atoms with van der Waals surface area (Å²) in [6, 6.07) is 64.6. The van der Waals surface area contributed by atoms with Gasteiger partial charge in [0.15, 0.2) is 33.7 Å². The van der Waals surface area contributed by atoms with Gasteiger partial charge in [-0.05, 0) is 143 Å². The minimum atomic E-state index is -1.76. The van der Waals surface area contributed by atoms with Gasteiger partial charge in [-0.15, -0.1) is 59.6 Å². The van der Waals surface area contributed by atoms with Gasteiger partial charge in [0.25, 0.3) is 6.47 Å². The molecule has 0 aliphatic carbocycles. The number of fused-ring (bicyclic) bond motifs is 3. The number of halogens is 10. The number of carboxylic acids is 1. The van der Waals surface area contributed by atoms with Crippen LogP contribution in [0.3, 0.4) is 0 Å². The van der Waals surface area contributed by atoms with Crippen LogP contribution in [0.15, 0.2) is 292 Å². The number of aliphatic hydroxyl groups excluding tert-OH is 4. The molecule has 49 heteroatoms. The summed E-state index contributed by atoms with van der Waals surface area (Å²) in [5, 5.41) is 86.3. The Morgan fingerprint density at radius 2 is 0.926 bits per heavy atom. The molecule has 1 aliphatic heterocycles. The predicted octanol–water partition coefficient (Wildman–Crippen LogP) is 12.9. The zero-order valence-corrected chi connectivity index (χ0v) is 93.5. The molecule has 16 N–H and O–H groups in total. The number of alkyl halides is 4. The predicted molar refractivity (Wildman–Crippen MR) is 561 cm³/mol. The molecule has 0 radical (unpaired) electrons. The number of allylic oxidation sites excluding steroid dienone is 2. The van der Waals surface area contributed by atoms with Gasteiger partial charge in [-0.1, -0.05) is 193 Å². The van der Waals surface area contributed by atoms with E-state index in [1.165, 1.54) is 21.9 Å². The van der Waals surface area contributed by atoms with Crippen LogP contribution in [0.5, 0.6) is 0 Å². The number of aromatic nitrogens is 16. The number of nitrogens with two attached hydrogens (primary N) is 1. The van der Waals surface area contributed by atoms with Crippen molar-refractivity contribution in [2.75, 3.05) is 38.9 Å². The molecule has 2 unspecified atom stereocenters. The van der Waals surface area contributed by atoms with E-state index in [1.807, 2.05) is 139 Å². The van der Waals surface area contributed by atoms with Crippen LogP contribution in [0, 0.1) is 5.41 Å². The van der Waals surface area contributed by atoms with Crippen LogP contribution in [0.25, 0.3) is 89.3 Å². The topological polar surface area (TPSA) is 579 Å². The van der Waals surface area contributed by atoms with Gasteiger partial charge >= 0.3 is 131 Å². The Balaban J connectivity index is 0. The Labute approximate surface area is 992 Å². The van der Waals surface area contributed by atoms with Crippen molar-refractivity contribution < 1.29 is 207 Å². The number of nitrogens with one attached hydrogen (secondary N) is 4. The quantitative estimate of drug-likeness (QED) is 0.00522. The summed E-state index contributed by atoms with van der Waals surface area (Å²) in [4.78, 5) is 98.5. The molecule has 148 heavy (non-hydrogen) atoms. The first-order chi connectivity index (χ1) is 69.1. The van der Waals surface area contributed by atoms with Crippen LogP contribution in [0.4, 0.5) is 4.39 Å². The zero-order chi connectivity index (χ0) is 104. The third kappa shape index (κ3) is 44.9. The number of ether oxygens (including phenoxy) is 2. The average Bonchev–Trinajstić information content (AvgIpc) is 1.66. The molecule has 17 aromatic rings. The number of rotatable bonds is 19. The van der Waals surface area contributed by atoms with Gasteiger partial charge < -0.3 is 92.8 Å². The van der Waals surface area contributed by atoms with Gasteiger partial charge in [0.05, 0.1) is 71.0 Å². The van der Waals surface area contributed by atoms with E-state index < -0.39 is 52.7 Å². The van der Waals surface area contributed by atoms with E-state index in [9.17, 15) is 34.1 Å². The second-order valence-electron chi connectivity index (χ2n) is 28.5. The number of carbonyl (C=O) groups excluding carboxylic acids is 3. The molecular weight excluding hydrogens is 2200 g/mol. The molecule has 1 saturated heterocycles. The fourth-order valence-corrected chi connectivity index (χ4v) is 13.2. The Hall–Kier alpha value is -9.93. The number of amidine groups is 1. The number of nitrogens with zero attached hydrogens (tertiary/aromatic N) is 13. The molecule has 18 rings (SSSR count). The van der Waals surface area contributed by atoms with Gasteiger partial charge in [0.2, 0.25) is 11.6 Å². The number of benzene rings is 6. The van der Waals surface area contributed by atoms with Gasteiger partial charge in [-0.3, -0.25) is 54.1 Å². The summed E-state index contributed by atoms with van der Waals surface area (Å²) in [6.45, 7) is 4.71. The maximum absolute atomic E-state index is 11.8. The molecule has 777 valence electrons. The molecule has 2 atom stereocenters. The van der Waals surface area contributed by atoms with E-state index in [4.69, 9.17) is 141 Å². The Morgan fingerprint density at radius 1 is 0.554 bits per heavy atom. The summed E-state index contributed by atoms with van der Waals surface area (Å²) in [7, 11) is -1.00. The number of pyridine rings is 6. The molecule has 0 bridgehead atoms. The van der Waals surface area contributed by atoms with Crippen molar-refractivity contribution in [3.8, 4) is 56.9 Å². The van der Waals surface area contributed by atoms with Crippen LogP contribution in [-0.4, -0.2) is 196 Å². The summed E-state index contributed by atoms with van der Waals surface area (Å²) in [5.41, 5.74) is 16.4. The molecule has 1 fully saturated rings. The van der Waals surface area contributed by atoms with Gasteiger partial charge in [0.1, 0.15) is 64.7 Å². The molecule has 0 spiro atoms. The number of aliphatic hydroxyl groups is 6. The van der Waals surface area contributed by atoms with Crippen molar-refractivity contribution >= 4 is 169 Å². The monoisotopic (exact) mass is 2300 g/mol. The number of imidazole rings is 5. The van der Waals surface area contributed by atoms with E-state index in [2.05, 4.69) is 143 Å². The van der Waals surface area contributed by atoms with Crippen molar-refractivity contribution in [3.05, 3.63) is 364 Å². The first kappa shape index (κ1) is 136. The molecule has 36 nitrogen and oxygen atoms in total. The number of H-pyrrole nitrogens is 3. The second kappa shape index (κ2) is 76.6. The third-order valence-electron chi connectivity index (χ3n) is 19.0. The van der Waals surface area contributed by atoms with Gasteiger partial charge in [-0.25, -0.2) is 29.7 Å². The van der Waals surface area contributed by atoms with E-state index in [1.54, 1.807) is 109 Å².